The minimum atomic E-state index is -0.854. The van der Waals surface area contributed by atoms with Gasteiger partial charge in [-0.05, 0) is 51.6 Å². The molecule has 0 heterocycles. The largest absolute Gasteiger partial charge is 0.497 e. The molecule has 0 aliphatic carbocycles. The average molecular weight is 424 g/mol. The Morgan fingerprint density at radius 2 is 1.80 bits per heavy atom. The molecule has 0 fully saturated rings. The summed E-state index contributed by atoms with van der Waals surface area (Å²) in [5, 5.41) is 5.53. The Morgan fingerprint density at radius 1 is 1.13 bits per heavy atom. The molecule has 8 nitrogen and oxygen atoms in total. The fraction of sp³-hybridized carbons (Fsp3) is 0.636. The van der Waals surface area contributed by atoms with E-state index in [4.69, 9.17) is 14.2 Å². The Hall–Kier alpha value is -2.32. The van der Waals surface area contributed by atoms with Crippen LogP contribution in [0.3, 0.4) is 0 Å². The molecule has 8 heteroatoms. The van der Waals surface area contributed by atoms with Crippen LogP contribution in [-0.2, 0) is 14.3 Å². The highest BCUT2D eigenvalue weighted by molar-refractivity contribution is 5.85. The highest BCUT2D eigenvalue weighted by atomic mass is 16.6. The molecule has 2 N–H and O–H groups in total. The van der Waals surface area contributed by atoms with E-state index in [1.54, 1.807) is 27.9 Å². The number of carbonyl (C=O) groups is 2. The van der Waals surface area contributed by atoms with Crippen molar-refractivity contribution in [3.05, 3.63) is 29.8 Å². The van der Waals surface area contributed by atoms with E-state index in [2.05, 4.69) is 29.4 Å². The van der Waals surface area contributed by atoms with Crippen molar-refractivity contribution in [2.75, 3.05) is 40.5 Å². The lowest BCUT2D eigenvalue weighted by Gasteiger charge is -2.31. The van der Waals surface area contributed by atoms with Crippen molar-refractivity contribution in [3.63, 3.8) is 0 Å². The fourth-order valence-electron chi connectivity index (χ4n) is 3.09. The molecule has 2 unspecified atom stereocenters. The molecule has 0 aliphatic rings. The lowest BCUT2D eigenvalue weighted by atomic mass is 10.0. The van der Waals surface area contributed by atoms with Crippen molar-refractivity contribution >= 4 is 12.0 Å². The van der Waals surface area contributed by atoms with Gasteiger partial charge in [-0.25, -0.2) is 4.79 Å². The summed E-state index contributed by atoms with van der Waals surface area (Å²) in [5.41, 5.74) is 0.389. The third-order valence-corrected chi connectivity index (χ3v) is 4.54. The van der Waals surface area contributed by atoms with E-state index in [9.17, 15) is 9.59 Å². The molecule has 170 valence electrons. The van der Waals surface area contributed by atoms with E-state index in [0.29, 0.717) is 6.54 Å². The first-order valence-corrected chi connectivity index (χ1v) is 10.3. The van der Waals surface area contributed by atoms with E-state index < -0.39 is 17.7 Å². The number of rotatable bonds is 11. The zero-order valence-corrected chi connectivity index (χ0v) is 19.3. The van der Waals surface area contributed by atoms with Crippen LogP contribution in [0.5, 0.6) is 5.75 Å². The van der Waals surface area contributed by atoms with Crippen molar-refractivity contribution in [2.45, 2.75) is 52.3 Å². The standard InChI is InChI=1S/C22H37N3O5/c1-8-25(9-2)19(16-11-10-12-17(13-16)29-7)14-23-20(26)18(15-28-6)24-21(27)30-22(3,4)5/h10-13,18-19H,8-9,14-15H2,1-7H3,(H,23,26)(H,24,27). The highest BCUT2D eigenvalue weighted by Crippen LogP contribution is 2.23. The average Bonchev–Trinajstić information content (AvgIpc) is 2.69. The van der Waals surface area contributed by atoms with Gasteiger partial charge in [-0.2, -0.15) is 0 Å². The van der Waals surface area contributed by atoms with Gasteiger partial charge >= 0.3 is 6.09 Å². The third kappa shape index (κ3) is 8.59. The molecule has 0 bridgehead atoms. The van der Waals surface area contributed by atoms with Gasteiger partial charge in [0.15, 0.2) is 0 Å². The number of nitrogens with zero attached hydrogens (tertiary/aromatic N) is 1. The minimum absolute atomic E-state index is 0.0382. The van der Waals surface area contributed by atoms with Crippen molar-refractivity contribution in [3.8, 4) is 5.75 Å². The maximum atomic E-state index is 12.8. The zero-order valence-electron chi connectivity index (χ0n) is 19.3. The first-order chi connectivity index (χ1) is 14.1. The van der Waals surface area contributed by atoms with Crippen LogP contribution in [0.1, 0.15) is 46.2 Å². The zero-order chi connectivity index (χ0) is 22.7. The first kappa shape index (κ1) is 25.7. The predicted molar refractivity (Wildman–Crippen MR) is 117 cm³/mol. The van der Waals surface area contributed by atoms with E-state index >= 15 is 0 Å². The van der Waals surface area contributed by atoms with Gasteiger partial charge in [-0.3, -0.25) is 9.69 Å². The van der Waals surface area contributed by atoms with Crippen LogP contribution < -0.4 is 15.4 Å². The number of methoxy groups -OCH3 is 2. The van der Waals surface area contributed by atoms with Crippen molar-refractivity contribution < 1.29 is 23.8 Å². The summed E-state index contributed by atoms with van der Waals surface area (Å²) in [6.45, 7) is 11.5. The van der Waals surface area contributed by atoms with Gasteiger partial charge in [0, 0.05) is 13.7 Å². The summed E-state index contributed by atoms with van der Waals surface area (Å²) in [4.78, 5) is 27.1. The number of benzene rings is 1. The number of nitrogens with one attached hydrogen (secondary N) is 2. The quantitative estimate of drug-likeness (QED) is 0.569. The Morgan fingerprint density at radius 3 is 2.33 bits per heavy atom. The Kier molecular flexibility index (Phi) is 10.6. The summed E-state index contributed by atoms with van der Waals surface area (Å²) >= 11 is 0. The summed E-state index contributed by atoms with van der Waals surface area (Å²) in [5.74, 6) is 0.433. The second-order valence-electron chi connectivity index (χ2n) is 7.91. The molecule has 1 aromatic carbocycles. The molecule has 2 amide bonds. The molecule has 1 rings (SSSR count). The fourth-order valence-corrected chi connectivity index (χ4v) is 3.09. The van der Waals surface area contributed by atoms with Crippen molar-refractivity contribution in [1.82, 2.24) is 15.5 Å². The third-order valence-electron chi connectivity index (χ3n) is 4.54. The molecule has 0 saturated heterocycles. The minimum Gasteiger partial charge on any atom is -0.497 e. The number of alkyl carbamates (subject to hydrolysis) is 1. The number of hydrogen-bond donors (Lipinski definition) is 2. The van der Waals surface area contributed by atoms with Gasteiger partial charge in [-0.1, -0.05) is 26.0 Å². The van der Waals surface area contributed by atoms with Crippen LogP contribution in [0.15, 0.2) is 24.3 Å². The van der Waals surface area contributed by atoms with Crippen LogP contribution in [0.2, 0.25) is 0 Å². The predicted octanol–water partition coefficient (Wildman–Crippen LogP) is 2.73. The first-order valence-electron chi connectivity index (χ1n) is 10.3. The van der Waals surface area contributed by atoms with E-state index in [1.165, 1.54) is 7.11 Å². The molecule has 0 spiro atoms. The number of likely N-dealkylation sites (N-methyl/N-ethyl adjacent to an activating group) is 1. The molecule has 1 aromatic rings. The molecule has 30 heavy (non-hydrogen) atoms. The molecule has 2 atom stereocenters. The van der Waals surface area contributed by atoms with Gasteiger partial charge in [-0.15, -0.1) is 0 Å². The second-order valence-corrected chi connectivity index (χ2v) is 7.91. The van der Waals surface area contributed by atoms with E-state index in [0.717, 1.165) is 24.4 Å². The van der Waals surface area contributed by atoms with Crippen LogP contribution in [0, 0.1) is 0 Å². The Bertz CT molecular complexity index is 671. The number of ether oxygens (including phenoxy) is 3. The van der Waals surface area contributed by atoms with Gasteiger partial charge in [0.1, 0.15) is 17.4 Å². The van der Waals surface area contributed by atoms with Crippen molar-refractivity contribution in [1.29, 1.82) is 0 Å². The Labute approximate surface area is 180 Å². The normalized spacial score (nSPS) is 13.5. The molecule has 0 radical (unpaired) electrons. The van der Waals surface area contributed by atoms with Crippen LogP contribution in [0.25, 0.3) is 0 Å². The number of hydrogen-bond acceptors (Lipinski definition) is 6. The van der Waals surface area contributed by atoms with Gasteiger partial charge in [0.25, 0.3) is 0 Å². The monoisotopic (exact) mass is 423 g/mol. The highest BCUT2D eigenvalue weighted by Gasteiger charge is 2.26. The lowest BCUT2D eigenvalue weighted by molar-refractivity contribution is -0.124. The lowest BCUT2D eigenvalue weighted by Crippen LogP contribution is -2.51. The molecule has 0 saturated carbocycles. The molecule has 0 aliphatic heterocycles. The number of amides is 2. The van der Waals surface area contributed by atoms with Crippen LogP contribution >= 0.6 is 0 Å². The number of carbonyl (C=O) groups excluding carboxylic acids is 2. The topological polar surface area (TPSA) is 89.1 Å². The summed E-state index contributed by atoms with van der Waals surface area (Å²) in [6.07, 6.45) is -0.659. The second kappa shape index (κ2) is 12.4. The summed E-state index contributed by atoms with van der Waals surface area (Å²) < 4.78 is 15.7. The summed E-state index contributed by atoms with van der Waals surface area (Å²) in [7, 11) is 3.11. The smallest absolute Gasteiger partial charge is 0.408 e. The van der Waals surface area contributed by atoms with E-state index in [1.807, 2.05) is 24.3 Å². The van der Waals surface area contributed by atoms with Gasteiger partial charge in [0.2, 0.25) is 5.91 Å². The maximum Gasteiger partial charge on any atom is 0.408 e. The van der Waals surface area contributed by atoms with Crippen LogP contribution in [-0.4, -0.2) is 69.0 Å². The molecular weight excluding hydrogens is 386 g/mol. The SMILES string of the molecule is CCN(CC)C(CNC(=O)C(COC)NC(=O)OC(C)(C)C)c1cccc(OC)c1. The van der Waals surface area contributed by atoms with E-state index in [-0.39, 0.29) is 18.6 Å². The van der Waals surface area contributed by atoms with Crippen LogP contribution in [0.4, 0.5) is 4.79 Å². The van der Waals surface area contributed by atoms with Gasteiger partial charge in [0.05, 0.1) is 19.8 Å². The molecular formula is C22H37N3O5. The van der Waals surface area contributed by atoms with Crippen molar-refractivity contribution in [2.24, 2.45) is 0 Å². The Balaban J connectivity index is 2.90. The maximum absolute atomic E-state index is 12.8. The van der Waals surface area contributed by atoms with Gasteiger partial charge < -0.3 is 24.8 Å². The summed E-state index contributed by atoms with van der Waals surface area (Å²) in [6, 6.07) is 6.92. The molecule has 0 aromatic heterocycles.